The Kier molecular flexibility index (Phi) is 4.32. The standard InChI is InChI=1S/C16H10N2O4S2/c19-13-6-4-11(5-7-13)17-15(20)14(24-16(17)23)9-10-2-1-3-12(8-10)18(21)22/h1-9,19H. The Hall–Kier alpha value is -2.71. The molecular formula is C16H10N2O4S2. The van der Waals surface area contributed by atoms with Crippen molar-refractivity contribution in [3.8, 4) is 5.75 Å². The van der Waals surface area contributed by atoms with Crippen molar-refractivity contribution in [2.45, 2.75) is 0 Å². The molecule has 0 atom stereocenters. The molecule has 0 radical (unpaired) electrons. The molecule has 1 saturated heterocycles. The first-order chi connectivity index (χ1) is 11.5. The van der Waals surface area contributed by atoms with Crippen LogP contribution in [0.2, 0.25) is 0 Å². The predicted molar refractivity (Wildman–Crippen MR) is 96.9 cm³/mol. The number of thiocarbonyl (C=S) groups is 1. The number of phenolic OH excluding ortho intramolecular Hbond substituents is 1. The van der Waals surface area contributed by atoms with Gasteiger partial charge in [-0.05, 0) is 35.9 Å². The summed E-state index contributed by atoms with van der Waals surface area (Å²) >= 11 is 6.38. The largest absolute Gasteiger partial charge is 0.508 e. The molecule has 2 aromatic carbocycles. The first kappa shape index (κ1) is 16.2. The van der Waals surface area contributed by atoms with Crippen molar-refractivity contribution in [2.75, 3.05) is 4.90 Å². The number of phenols is 1. The average Bonchev–Trinajstić information content (AvgIpc) is 2.83. The number of nitro benzene ring substituents is 1. The van der Waals surface area contributed by atoms with Crippen LogP contribution in [0, 0.1) is 10.1 Å². The number of thioether (sulfide) groups is 1. The van der Waals surface area contributed by atoms with Gasteiger partial charge in [-0.1, -0.05) is 36.1 Å². The van der Waals surface area contributed by atoms with Crippen LogP contribution in [-0.4, -0.2) is 20.3 Å². The molecule has 1 amide bonds. The van der Waals surface area contributed by atoms with Gasteiger partial charge in [-0.15, -0.1) is 0 Å². The summed E-state index contributed by atoms with van der Waals surface area (Å²) in [4.78, 5) is 24.7. The second kappa shape index (κ2) is 6.42. The summed E-state index contributed by atoms with van der Waals surface area (Å²) in [5.41, 5.74) is 1.06. The van der Waals surface area contributed by atoms with E-state index in [1.807, 2.05) is 0 Å². The maximum atomic E-state index is 12.6. The Morgan fingerprint density at radius 2 is 1.92 bits per heavy atom. The minimum atomic E-state index is -0.487. The highest BCUT2D eigenvalue weighted by Crippen LogP contribution is 2.36. The van der Waals surface area contributed by atoms with E-state index in [4.69, 9.17) is 12.2 Å². The lowest BCUT2D eigenvalue weighted by atomic mass is 10.2. The number of anilines is 1. The Morgan fingerprint density at radius 3 is 2.58 bits per heavy atom. The van der Waals surface area contributed by atoms with Gasteiger partial charge in [0, 0.05) is 12.1 Å². The third-order valence-electron chi connectivity index (χ3n) is 3.28. The maximum absolute atomic E-state index is 12.6. The van der Waals surface area contributed by atoms with Crippen LogP contribution >= 0.6 is 24.0 Å². The Bertz CT molecular complexity index is 878. The molecule has 0 unspecified atom stereocenters. The molecule has 0 bridgehead atoms. The van der Waals surface area contributed by atoms with Gasteiger partial charge in [0.25, 0.3) is 11.6 Å². The highest BCUT2D eigenvalue weighted by atomic mass is 32.2. The van der Waals surface area contributed by atoms with Crippen molar-refractivity contribution in [2.24, 2.45) is 0 Å². The van der Waals surface area contributed by atoms with E-state index in [2.05, 4.69) is 0 Å². The number of nitro groups is 1. The molecule has 1 aliphatic rings. The number of hydrogen-bond donors (Lipinski definition) is 1. The molecule has 1 heterocycles. The summed E-state index contributed by atoms with van der Waals surface area (Å²) in [6, 6.07) is 12.2. The lowest BCUT2D eigenvalue weighted by molar-refractivity contribution is -0.384. The van der Waals surface area contributed by atoms with Crippen LogP contribution in [0.3, 0.4) is 0 Å². The van der Waals surface area contributed by atoms with Crippen LogP contribution in [0.5, 0.6) is 5.75 Å². The van der Waals surface area contributed by atoms with E-state index in [1.54, 1.807) is 30.3 Å². The highest BCUT2D eigenvalue weighted by Gasteiger charge is 2.33. The monoisotopic (exact) mass is 358 g/mol. The van der Waals surface area contributed by atoms with Crippen molar-refractivity contribution in [3.63, 3.8) is 0 Å². The smallest absolute Gasteiger partial charge is 0.270 e. The van der Waals surface area contributed by atoms with Crippen molar-refractivity contribution in [1.82, 2.24) is 0 Å². The summed E-state index contributed by atoms with van der Waals surface area (Å²) in [5.74, 6) is -0.210. The molecule has 0 aromatic heterocycles. The van der Waals surface area contributed by atoms with Crippen molar-refractivity contribution in [1.29, 1.82) is 0 Å². The van der Waals surface area contributed by atoms with E-state index in [-0.39, 0.29) is 17.3 Å². The van der Waals surface area contributed by atoms with Crippen molar-refractivity contribution in [3.05, 3.63) is 69.1 Å². The fraction of sp³-hybridized carbons (Fsp3) is 0. The molecule has 1 N–H and O–H groups in total. The zero-order valence-electron chi connectivity index (χ0n) is 12.1. The fourth-order valence-electron chi connectivity index (χ4n) is 2.17. The van der Waals surface area contributed by atoms with Gasteiger partial charge in [-0.3, -0.25) is 19.8 Å². The topological polar surface area (TPSA) is 83.7 Å². The minimum absolute atomic E-state index is 0.0437. The predicted octanol–water partition coefficient (Wildman–Crippen LogP) is 3.71. The number of non-ortho nitro benzene ring substituents is 1. The quantitative estimate of drug-likeness (QED) is 0.390. The molecule has 0 saturated carbocycles. The SMILES string of the molecule is O=C1C(=Cc2cccc([N+](=O)[O-])c2)SC(=S)N1c1ccc(O)cc1. The molecule has 6 nitrogen and oxygen atoms in total. The molecule has 1 fully saturated rings. The Morgan fingerprint density at radius 1 is 1.21 bits per heavy atom. The van der Waals surface area contributed by atoms with Gasteiger partial charge in [-0.25, -0.2) is 0 Å². The van der Waals surface area contributed by atoms with Crippen molar-refractivity contribution >= 4 is 51.7 Å². The molecule has 0 aliphatic carbocycles. The molecule has 3 rings (SSSR count). The Labute approximate surface area is 146 Å². The van der Waals surface area contributed by atoms with Gasteiger partial charge in [0.2, 0.25) is 0 Å². The van der Waals surface area contributed by atoms with Crippen molar-refractivity contribution < 1.29 is 14.8 Å². The zero-order valence-corrected chi connectivity index (χ0v) is 13.7. The van der Waals surface area contributed by atoms with E-state index < -0.39 is 4.92 Å². The van der Waals surface area contributed by atoms with Crippen LogP contribution < -0.4 is 4.90 Å². The van der Waals surface area contributed by atoms with Gasteiger partial charge in [0.05, 0.1) is 15.5 Å². The van der Waals surface area contributed by atoms with E-state index in [0.29, 0.717) is 20.5 Å². The molecule has 120 valence electrons. The molecular weight excluding hydrogens is 348 g/mol. The molecule has 2 aromatic rings. The van der Waals surface area contributed by atoms with E-state index in [9.17, 15) is 20.0 Å². The summed E-state index contributed by atoms with van der Waals surface area (Å²) in [6.45, 7) is 0. The summed E-state index contributed by atoms with van der Waals surface area (Å²) in [5, 5.41) is 20.2. The summed E-state index contributed by atoms with van der Waals surface area (Å²) < 4.78 is 0.363. The molecule has 0 spiro atoms. The number of carbonyl (C=O) groups is 1. The summed E-state index contributed by atoms with van der Waals surface area (Å²) in [6.07, 6.45) is 1.58. The van der Waals surface area contributed by atoms with E-state index in [1.165, 1.54) is 29.2 Å². The third kappa shape index (κ3) is 3.15. The van der Waals surface area contributed by atoms with Gasteiger partial charge in [-0.2, -0.15) is 0 Å². The van der Waals surface area contributed by atoms with E-state index in [0.717, 1.165) is 11.8 Å². The zero-order chi connectivity index (χ0) is 17.3. The van der Waals surface area contributed by atoms with Gasteiger partial charge in [0.1, 0.15) is 5.75 Å². The van der Waals surface area contributed by atoms with Crippen LogP contribution in [0.4, 0.5) is 11.4 Å². The van der Waals surface area contributed by atoms with Crippen LogP contribution in [0.25, 0.3) is 6.08 Å². The van der Waals surface area contributed by atoms with Gasteiger partial charge in [0.15, 0.2) is 4.32 Å². The first-order valence-electron chi connectivity index (χ1n) is 6.77. The molecule has 8 heteroatoms. The number of amides is 1. The molecule has 1 aliphatic heterocycles. The van der Waals surface area contributed by atoms with Crippen LogP contribution in [0.1, 0.15) is 5.56 Å². The van der Waals surface area contributed by atoms with Gasteiger partial charge >= 0.3 is 0 Å². The Balaban J connectivity index is 1.92. The number of aromatic hydroxyl groups is 1. The van der Waals surface area contributed by atoms with E-state index >= 15 is 0 Å². The number of benzene rings is 2. The number of carbonyl (C=O) groups excluding carboxylic acids is 1. The lowest BCUT2D eigenvalue weighted by Crippen LogP contribution is -2.27. The molecule has 24 heavy (non-hydrogen) atoms. The third-order valence-corrected chi connectivity index (χ3v) is 4.58. The lowest BCUT2D eigenvalue weighted by Gasteiger charge is -2.14. The second-order valence-corrected chi connectivity index (χ2v) is 6.56. The number of nitrogens with zero attached hydrogens (tertiary/aromatic N) is 2. The first-order valence-corrected chi connectivity index (χ1v) is 7.99. The summed E-state index contributed by atoms with van der Waals surface area (Å²) in [7, 11) is 0. The average molecular weight is 358 g/mol. The maximum Gasteiger partial charge on any atom is 0.270 e. The highest BCUT2D eigenvalue weighted by molar-refractivity contribution is 8.27. The minimum Gasteiger partial charge on any atom is -0.508 e. The van der Waals surface area contributed by atoms with Crippen LogP contribution in [-0.2, 0) is 4.79 Å². The van der Waals surface area contributed by atoms with Gasteiger partial charge < -0.3 is 5.11 Å². The van der Waals surface area contributed by atoms with Crippen LogP contribution in [0.15, 0.2) is 53.4 Å². The number of rotatable bonds is 3. The number of hydrogen-bond acceptors (Lipinski definition) is 6. The normalized spacial score (nSPS) is 16.0. The second-order valence-electron chi connectivity index (χ2n) is 4.89. The fourth-order valence-corrected chi connectivity index (χ4v) is 3.47.